The van der Waals surface area contributed by atoms with E-state index in [2.05, 4.69) is 4.99 Å². The molecule has 2 aromatic rings. The number of likely N-dealkylation sites (tertiary alicyclic amines) is 1. The standard InChI is InChI=1S/C23H30N4O4S/c1-14-9-10-17(12-15(14)2)24-20(19-21(29)25(4)23(31)26(5)22(19)30)32-13-18(28)27-11-7-6-8-16(27)3/h9-10,12,16,29H,6-8,11,13H2,1-5H3. The van der Waals surface area contributed by atoms with Crippen molar-refractivity contribution < 1.29 is 9.90 Å². The Balaban J connectivity index is 2.04. The van der Waals surface area contributed by atoms with E-state index in [1.54, 1.807) is 0 Å². The van der Waals surface area contributed by atoms with Crippen molar-refractivity contribution >= 4 is 28.4 Å². The second kappa shape index (κ2) is 9.77. The van der Waals surface area contributed by atoms with Crippen LogP contribution in [-0.2, 0) is 18.9 Å². The summed E-state index contributed by atoms with van der Waals surface area (Å²) in [7, 11) is 2.74. The van der Waals surface area contributed by atoms with Crippen LogP contribution in [0.25, 0.3) is 0 Å². The minimum Gasteiger partial charge on any atom is -0.494 e. The average molecular weight is 459 g/mol. The van der Waals surface area contributed by atoms with E-state index in [9.17, 15) is 19.5 Å². The van der Waals surface area contributed by atoms with Crippen LogP contribution in [0, 0.1) is 13.8 Å². The van der Waals surface area contributed by atoms with Crippen LogP contribution in [-0.4, -0.2) is 48.4 Å². The highest BCUT2D eigenvalue weighted by Crippen LogP contribution is 2.26. The zero-order chi connectivity index (χ0) is 23.6. The van der Waals surface area contributed by atoms with Gasteiger partial charge in [0.1, 0.15) is 10.6 Å². The molecule has 1 saturated heterocycles. The van der Waals surface area contributed by atoms with Crippen LogP contribution in [0.5, 0.6) is 5.88 Å². The first-order chi connectivity index (χ1) is 15.1. The van der Waals surface area contributed by atoms with Gasteiger partial charge in [-0.2, -0.15) is 0 Å². The third-order valence-corrected chi connectivity index (χ3v) is 6.98. The van der Waals surface area contributed by atoms with Crippen LogP contribution in [0.3, 0.4) is 0 Å². The van der Waals surface area contributed by atoms with Crippen molar-refractivity contribution in [2.45, 2.75) is 46.1 Å². The Morgan fingerprint density at radius 2 is 1.88 bits per heavy atom. The maximum Gasteiger partial charge on any atom is 0.333 e. The van der Waals surface area contributed by atoms with Crippen LogP contribution in [0.4, 0.5) is 5.69 Å². The van der Waals surface area contributed by atoms with Crippen molar-refractivity contribution in [3.05, 3.63) is 55.7 Å². The van der Waals surface area contributed by atoms with Crippen molar-refractivity contribution in [3.63, 3.8) is 0 Å². The summed E-state index contributed by atoms with van der Waals surface area (Å²) in [6.07, 6.45) is 3.06. The number of carbonyl (C=O) groups excluding carboxylic acids is 1. The minimum absolute atomic E-state index is 0.0314. The largest absolute Gasteiger partial charge is 0.494 e. The fraction of sp³-hybridized carbons (Fsp3) is 0.478. The minimum atomic E-state index is -0.653. The monoisotopic (exact) mass is 458 g/mol. The topological polar surface area (TPSA) is 96.9 Å². The summed E-state index contributed by atoms with van der Waals surface area (Å²) < 4.78 is 1.93. The molecule has 2 heterocycles. The molecule has 9 heteroatoms. The number of piperidine rings is 1. The molecule has 1 aliphatic rings. The van der Waals surface area contributed by atoms with Gasteiger partial charge in [0.2, 0.25) is 11.8 Å². The summed E-state index contributed by atoms with van der Waals surface area (Å²) in [6, 6.07) is 5.81. The molecule has 8 nitrogen and oxygen atoms in total. The highest BCUT2D eigenvalue weighted by molar-refractivity contribution is 8.15. The molecule has 1 fully saturated rings. The van der Waals surface area contributed by atoms with Crippen LogP contribution in [0.1, 0.15) is 42.9 Å². The zero-order valence-corrected chi connectivity index (χ0v) is 20.0. The number of rotatable bonds is 4. The normalized spacial score (nSPS) is 17.0. The van der Waals surface area contributed by atoms with E-state index in [0.717, 1.165) is 57.8 Å². The molecule has 0 spiro atoms. The molecule has 0 aliphatic carbocycles. The van der Waals surface area contributed by atoms with Gasteiger partial charge in [-0.15, -0.1) is 0 Å². The van der Waals surface area contributed by atoms with Crippen molar-refractivity contribution in [1.82, 2.24) is 14.0 Å². The molecule has 1 atom stereocenters. The smallest absolute Gasteiger partial charge is 0.333 e. The molecule has 3 rings (SSSR count). The van der Waals surface area contributed by atoms with Crippen LogP contribution in [0.15, 0.2) is 32.8 Å². The van der Waals surface area contributed by atoms with Crippen LogP contribution < -0.4 is 11.2 Å². The quantitative estimate of drug-likeness (QED) is 0.561. The Morgan fingerprint density at radius 1 is 1.16 bits per heavy atom. The molecule has 0 bridgehead atoms. The van der Waals surface area contributed by atoms with E-state index < -0.39 is 17.1 Å². The number of benzene rings is 1. The molecule has 172 valence electrons. The van der Waals surface area contributed by atoms with Gasteiger partial charge in [-0.1, -0.05) is 17.8 Å². The van der Waals surface area contributed by atoms with Gasteiger partial charge in [-0.3, -0.25) is 18.7 Å². The van der Waals surface area contributed by atoms with Gasteiger partial charge in [0.05, 0.1) is 11.4 Å². The van der Waals surface area contributed by atoms with Gasteiger partial charge < -0.3 is 10.0 Å². The number of amides is 1. The zero-order valence-electron chi connectivity index (χ0n) is 19.2. The van der Waals surface area contributed by atoms with E-state index in [0.29, 0.717) is 5.69 Å². The maximum absolute atomic E-state index is 12.9. The third kappa shape index (κ3) is 4.82. The number of aryl methyl sites for hydroxylation is 2. The Labute approximate surface area is 191 Å². The molecule has 1 N–H and O–H groups in total. The summed E-state index contributed by atoms with van der Waals surface area (Å²) >= 11 is 1.11. The number of aliphatic imine (C=N–C) groups is 1. The van der Waals surface area contributed by atoms with Gasteiger partial charge in [0.25, 0.3) is 5.56 Å². The summed E-state index contributed by atoms with van der Waals surface area (Å²) in [5.74, 6) is -0.414. The second-order valence-corrected chi connectivity index (χ2v) is 9.27. The van der Waals surface area contributed by atoms with Crippen molar-refractivity contribution in [2.75, 3.05) is 12.3 Å². The highest BCUT2D eigenvalue weighted by atomic mass is 32.2. The fourth-order valence-electron chi connectivity index (χ4n) is 3.78. The van der Waals surface area contributed by atoms with E-state index >= 15 is 0 Å². The molecule has 1 aromatic heterocycles. The van der Waals surface area contributed by atoms with Gasteiger partial charge in [0, 0.05) is 26.7 Å². The van der Waals surface area contributed by atoms with E-state index in [-0.39, 0.29) is 28.3 Å². The van der Waals surface area contributed by atoms with Crippen molar-refractivity contribution in [1.29, 1.82) is 0 Å². The van der Waals surface area contributed by atoms with Gasteiger partial charge in [-0.05, 0) is 63.3 Å². The summed E-state index contributed by atoms with van der Waals surface area (Å²) in [5, 5.41) is 10.9. The van der Waals surface area contributed by atoms with Crippen LogP contribution in [0.2, 0.25) is 0 Å². The van der Waals surface area contributed by atoms with Crippen molar-refractivity contribution in [3.8, 4) is 5.88 Å². The Bertz CT molecular complexity index is 1180. The SMILES string of the molecule is Cc1ccc(N=C(SCC(=O)N2CCCCC2C)c2c(O)n(C)c(=O)n(C)c2=O)cc1C. The molecular formula is C23H30N4O4S. The first kappa shape index (κ1) is 23.8. The average Bonchev–Trinajstić information content (AvgIpc) is 2.77. The van der Waals surface area contributed by atoms with Gasteiger partial charge >= 0.3 is 5.69 Å². The first-order valence-corrected chi connectivity index (χ1v) is 11.7. The molecule has 1 amide bonds. The molecule has 1 unspecified atom stereocenters. The summed E-state index contributed by atoms with van der Waals surface area (Å²) in [5.41, 5.74) is 1.37. The van der Waals surface area contributed by atoms with E-state index in [4.69, 9.17) is 0 Å². The highest BCUT2D eigenvalue weighted by Gasteiger charge is 2.26. The number of thioether (sulfide) groups is 1. The first-order valence-electron chi connectivity index (χ1n) is 10.7. The predicted octanol–water partition coefficient (Wildman–Crippen LogP) is 2.62. The number of nitrogens with zero attached hydrogens (tertiary/aromatic N) is 4. The lowest BCUT2D eigenvalue weighted by Gasteiger charge is -2.33. The molecule has 1 aromatic carbocycles. The Hall–Kier alpha value is -2.81. The third-order valence-electron chi connectivity index (χ3n) is 6.02. The molecule has 0 radical (unpaired) electrons. The number of carbonyl (C=O) groups is 1. The number of hydrogen-bond acceptors (Lipinski definition) is 6. The Morgan fingerprint density at radius 3 is 2.53 bits per heavy atom. The lowest BCUT2D eigenvalue weighted by molar-refractivity contribution is -0.131. The lowest BCUT2D eigenvalue weighted by atomic mass is 10.0. The van der Waals surface area contributed by atoms with Crippen LogP contribution >= 0.6 is 11.8 Å². The fourth-order valence-corrected chi connectivity index (χ4v) is 4.69. The van der Waals surface area contributed by atoms with Crippen molar-refractivity contribution in [2.24, 2.45) is 19.1 Å². The summed E-state index contributed by atoms with van der Waals surface area (Å²) in [6.45, 7) is 6.72. The number of aromatic nitrogens is 2. The van der Waals surface area contributed by atoms with Gasteiger partial charge in [-0.25, -0.2) is 9.79 Å². The molecule has 32 heavy (non-hydrogen) atoms. The molecular weight excluding hydrogens is 428 g/mol. The lowest BCUT2D eigenvalue weighted by Crippen LogP contribution is -2.43. The van der Waals surface area contributed by atoms with Gasteiger partial charge in [0.15, 0.2) is 0 Å². The maximum atomic E-state index is 12.9. The molecule has 0 saturated carbocycles. The second-order valence-electron chi connectivity index (χ2n) is 8.31. The Kier molecular flexibility index (Phi) is 7.28. The number of aromatic hydroxyl groups is 1. The predicted molar refractivity (Wildman–Crippen MR) is 128 cm³/mol. The number of hydrogen-bond donors (Lipinski definition) is 1. The summed E-state index contributed by atoms with van der Waals surface area (Å²) in [4.78, 5) is 44.5. The van der Waals surface area contributed by atoms with E-state index in [1.807, 2.05) is 43.9 Å². The van der Waals surface area contributed by atoms with E-state index in [1.165, 1.54) is 14.1 Å². The molecule has 1 aliphatic heterocycles.